The molecule has 0 spiro atoms. The lowest BCUT2D eigenvalue weighted by molar-refractivity contribution is -0.137. The van der Waals surface area contributed by atoms with Crippen LogP contribution in [0, 0.1) is 6.92 Å². The number of nitrogens with zero attached hydrogens (tertiary/aromatic N) is 1. The first kappa shape index (κ1) is 11.3. The van der Waals surface area contributed by atoms with Crippen LogP contribution in [0.3, 0.4) is 0 Å². The van der Waals surface area contributed by atoms with E-state index in [2.05, 4.69) is 0 Å². The summed E-state index contributed by atoms with van der Waals surface area (Å²) in [4.78, 5) is 1.53. The van der Waals surface area contributed by atoms with Crippen LogP contribution >= 0.6 is 0 Å². The van der Waals surface area contributed by atoms with Crippen molar-refractivity contribution in [1.29, 1.82) is 0 Å². The summed E-state index contributed by atoms with van der Waals surface area (Å²) < 4.78 is 38.3. The van der Waals surface area contributed by atoms with Gasteiger partial charge in [-0.25, -0.2) is 0 Å². The number of hydrogen-bond donors (Lipinski definition) is 1. The molecular weight excluding hydrogens is 219 g/mol. The normalized spacial score (nSPS) is 17.4. The van der Waals surface area contributed by atoms with Gasteiger partial charge in [-0.05, 0) is 19.1 Å². The Morgan fingerprint density at radius 3 is 2.44 bits per heavy atom. The Balaban J connectivity index is 2.37. The first-order valence-electron chi connectivity index (χ1n) is 4.99. The van der Waals surface area contributed by atoms with E-state index < -0.39 is 17.8 Å². The third kappa shape index (κ3) is 2.00. The second-order valence-electron chi connectivity index (χ2n) is 4.08. The van der Waals surface area contributed by atoms with E-state index in [1.807, 2.05) is 0 Å². The standard InChI is InChI=1S/C11H12F3NO/c1-7-2-3-10(15-5-8(16)6-15)9(4-7)11(12,13)14/h2-4,8,16H,5-6H2,1H3. The third-order valence-corrected chi connectivity index (χ3v) is 2.66. The second kappa shape index (κ2) is 3.66. The van der Waals surface area contributed by atoms with Crippen LogP contribution in [0.2, 0.25) is 0 Å². The van der Waals surface area contributed by atoms with Gasteiger partial charge in [0.2, 0.25) is 0 Å². The van der Waals surface area contributed by atoms with Gasteiger partial charge in [-0.2, -0.15) is 13.2 Å². The number of aryl methyl sites for hydroxylation is 1. The molecule has 1 aliphatic heterocycles. The highest BCUT2D eigenvalue weighted by molar-refractivity contribution is 5.58. The molecule has 0 atom stereocenters. The molecule has 0 aromatic heterocycles. The lowest BCUT2D eigenvalue weighted by Crippen LogP contribution is -2.51. The maximum Gasteiger partial charge on any atom is 0.418 e. The number of aliphatic hydroxyl groups is 1. The van der Waals surface area contributed by atoms with Gasteiger partial charge in [0, 0.05) is 18.8 Å². The van der Waals surface area contributed by atoms with Gasteiger partial charge in [-0.1, -0.05) is 11.6 Å². The Morgan fingerprint density at radius 1 is 1.31 bits per heavy atom. The average Bonchev–Trinajstić information content (AvgIpc) is 2.12. The minimum atomic E-state index is -4.35. The number of anilines is 1. The molecular formula is C11H12F3NO. The van der Waals surface area contributed by atoms with Crippen LogP contribution in [0.5, 0.6) is 0 Å². The zero-order chi connectivity index (χ0) is 11.9. The highest BCUT2D eigenvalue weighted by Gasteiger charge is 2.37. The second-order valence-corrected chi connectivity index (χ2v) is 4.08. The number of aliphatic hydroxyl groups excluding tert-OH is 1. The molecule has 5 heteroatoms. The molecule has 0 aliphatic carbocycles. The van der Waals surface area contributed by atoms with Crippen molar-refractivity contribution < 1.29 is 18.3 Å². The van der Waals surface area contributed by atoms with Gasteiger partial charge in [0.05, 0.1) is 11.7 Å². The SMILES string of the molecule is Cc1ccc(N2CC(O)C2)c(C(F)(F)F)c1. The highest BCUT2D eigenvalue weighted by Crippen LogP contribution is 2.38. The topological polar surface area (TPSA) is 23.5 Å². The van der Waals surface area contributed by atoms with Crippen molar-refractivity contribution >= 4 is 5.69 Å². The summed E-state index contributed by atoms with van der Waals surface area (Å²) >= 11 is 0. The van der Waals surface area contributed by atoms with Crippen LogP contribution in [0.15, 0.2) is 18.2 Å². The van der Waals surface area contributed by atoms with E-state index in [0.717, 1.165) is 6.07 Å². The molecule has 2 nitrogen and oxygen atoms in total. The van der Waals surface area contributed by atoms with Crippen LogP contribution < -0.4 is 4.90 Å². The summed E-state index contributed by atoms with van der Waals surface area (Å²) in [6.45, 7) is 2.17. The Kier molecular flexibility index (Phi) is 2.58. The summed E-state index contributed by atoms with van der Waals surface area (Å²) in [5.74, 6) is 0. The molecule has 1 aromatic carbocycles. The molecule has 1 saturated heterocycles. The predicted octanol–water partition coefficient (Wildman–Crippen LogP) is 2.19. The van der Waals surface area contributed by atoms with Gasteiger partial charge < -0.3 is 10.0 Å². The smallest absolute Gasteiger partial charge is 0.389 e. The van der Waals surface area contributed by atoms with E-state index in [9.17, 15) is 13.2 Å². The van der Waals surface area contributed by atoms with Crippen LogP contribution in [-0.4, -0.2) is 24.3 Å². The molecule has 0 unspecified atom stereocenters. The Morgan fingerprint density at radius 2 is 1.94 bits per heavy atom. The van der Waals surface area contributed by atoms with E-state index in [4.69, 9.17) is 5.11 Å². The number of halogens is 3. The van der Waals surface area contributed by atoms with Crippen molar-refractivity contribution in [2.75, 3.05) is 18.0 Å². The third-order valence-electron chi connectivity index (χ3n) is 2.66. The Hall–Kier alpha value is -1.23. The van der Waals surface area contributed by atoms with E-state index in [1.54, 1.807) is 13.0 Å². The number of benzene rings is 1. The first-order valence-corrected chi connectivity index (χ1v) is 4.99. The fraction of sp³-hybridized carbons (Fsp3) is 0.455. The minimum Gasteiger partial charge on any atom is -0.389 e. The molecule has 0 amide bonds. The van der Waals surface area contributed by atoms with Crippen LogP contribution in [0.4, 0.5) is 18.9 Å². The van der Waals surface area contributed by atoms with Crippen molar-refractivity contribution in [2.45, 2.75) is 19.2 Å². The van der Waals surface area contributed by atoms with Crippen molar-refractivity contribution in [3.8, 4) is 0 Å². The zero-order valence-corrected chi connectivity index (χ0v) is 8.75. The van der Waals surface area contributed by atoms with Crippen LogP contribution in [0.1, 0.15) is 11.1 Å². The molecule has 16 heavy (non-hydrogen) atoms. The lowest BCUT2D eigenvalue weighted by Gasteiger charge is -2.39. The van der Waals surface area contributed by atoms with Gasteiger partial charge in [0.15, 0.2) is 0 Å². The van der Waals surface area contributed by atoms with E-state index >= 15 is 0 Å². The maximum absolute atomic E-state index is 12.8. The van der Waals surface area contributed by atoms with Gasteiger partial charge in [-0.15, -0.1) is 0 Å². The summed E-state index contributed by atoms with van der Waals surface area (Å²) in [5.41, 5.74) is 0.111. The van der Waals surface area contributed by atoms with Crippen molar-refractivity contribution in [1.82, 2.24) is 0 Å². The highest BCUT2D eigenvalue weighted by atomic mass is 19.4. The molecule has 0 radical (unpaired) electrons. The maximum atomic E-state index is 12.8. The molecule has 0 bridgehead atoms. The summed E-state index contributed by atoms with van der Waals surface area (Å²) in [6.07, 6.45) is -4.86. The van der Waals surface area contributed by atoms with Gasteiger partial charge in [0.25, 0.3) is 0 Å². The number of β-amino-alcohol motifs (C(OH)–C–C–N with tert-alkyl or cyclic N) is 1. The molecule has 2 rings (SSSR count). The molecule has 1 fully saturated rings. The average molecular weight is 231 g/mol. The van der Waals surface area contributed by atoms with Gasteiger partial charge in [-0.3, -0.25) is 0 Å². The minimum absolute atomic E-state index is 0.156. The van der Waals surface area contributed by atoms with Crippen LogP contribution in [-0.2, 0) is 6.18 Å². The molecule has 1 N–H and O–H groups in total. The molecule has 88 valence electrons. The zero-order valence-electron chi connectivity index (χ0n) is 8.75. The lowest BCUT2D eigenvalue weighted by atomic mass is 10.0. The number of alkyl halides is 3. The Bertz CT molecular complexity index is 397. The van der Waals surface area contributed by atoms with E-state index in [0.29, 0.717) is 5.56 Å². The predicted molar refractivity (Wildman–Crippen MR) is 54.4 cm³/mol. The molecule has 1 aromatic rings. The fourth-order valence-corrected chi connectivity index (χ4v) is 1.80. The quantitative estimate of drug-likeness (QED) is 0.800. The van der Waals surface area contributed by atoms with Crippen molar-refractivity contribution in [2.24, 2.45) is 0 Å². The summed E-state index contributed by atoms with van der Waals surface area (Å²) in [6, 6.07) is 4.25. The summed E-state index contributed by atoms with van der Waals surface area (Å²) in [7, 11) is 0. The fourth-order valence-electron chi connectivity index (χ4n) is 1.80. The number of hydrogen-bond acceptors (Lipinski definition) is 2. The monoisotopic (exact) mass is 231 g/mol. The van der Waals surface area contributed by atoms with Gasteiger partial charge in [0.1, 0.15) is 0 Å². The van der Waals surface area contributed by atoms with Gasteiger partial charge >= 0.3 is 6.18 Å². The molecule has 1 aliphatic rings. The largest absolute Gasteiger partial charge is 0.418 e. The Labute approximate surface area is 91.3 Å². The molecule has 1 heterocycles. The van der Waals surface area contributed by atoms with E-state index in [1.165, 1.54) is 11.0 Å². The first-order chi connectivity index (χ1) is 7.38. The summed E-state index contributed by atoms with van der Waals surface area (Å²) in [5, 5.41) is 9.11. The van der Waals surface area contributed by atoms with E-state index in [-0.39, 0.29) is 18.8 Å². The van der Waals surface area contributed by atoms with Crippen molar-refractivity contribution in [3.05, 3.63) is 29.3 Å². The van der Waals surface area contributed by atoms with Crippen LogP contribution in [0.25, 0.3) is 0 Å². The number of rotatable bonds is 1. The molecule has 0 saturated carbocycles. The van der Waals surface area contributed by atoms with Crippen molar-refractivity contribution in [3.63, 3.8) is 0 Å².